The van der Waals surface area contributed by atoms with E-state index in [4.69, 9.17) is 5.73 Å². The number of nitrogen functional groups attached to an aromatic ring is 1. The van der Waals surface area contributed by atoms with Crippen LogP contribution in [0.4, 0.5) is 19.0 Å². The lowest BCUT2D eigenvalue weighted by Crippen LogP contribution is -2.16. The Labute approximate surface area is 107 Å². The Hall–Kier alpha value is -1.89. The lowest BCUT2D eigenvalue weighted by atomic mass is 10.1. The van der Waals surface area contributed by atoms with E-state index in [1.807, 2.05) is 6.92 Å². The molecule has 7 heteroatoms. The maximum absolute atomic E-state index is 12.6. The third-order valence-electron chi connectivity index (χ3n) is 2.89. The third-order valence-corrected chi connectivity index (χ3v) is 2.89. The Bertz CT molecular complexity index is 610. The molecule has 2 aromatic rings. The number of hydrogen-bond acceptors (Lipinski definition) is 4. The molecule has 102 valence electrons. The van der Waals surface area contributed by atoms with E-state index in [-0.39, 0.29) is 17.2 Å². The van der Waals surface area contributed by atoms with Crippen LogP contribution in [0.25, 0.3) is 10.9 Å². The van der Waals surface area contributed by atoms with Gasteiger partial charge in [-0.2, -0.15) is 13.2 Å². The number of nitrogens with one attached hydrogen (secondary N) is 1. The van der Waals surface area contributed by atoms with Gasteiger partial charge in [-0.3, -0.25) is 0 Å². The molecule has 0 radical (unpaired) electrons. The molecule has 4 nitrogen and oxygen atoms in total. The number of halogens is 3. The molecule has 1 aromatic carbocycles. The number of fused-ring (bicyclic) bond motifs is 1. The first-order valence-electron chi connectivity index (χ1n) is 5.64. The van der Waals surface area contributed by atoms with Crippen molar-refractivity contribution < 1.29 is 13.2 Å². The van der Waals surface area contributed by atoms with Gasteiger partial charge in [0.05, 0.1) is 17.1 Å². The normalized spacial score (nSPS) is 13.7. The average molecular weight is 270 g/mol. The van der Waals surface area contributed by atoms with Crippen LogP contribution in [-0.4, -0.2) is 17.0 Å². The molecule has 0 aliphatic carbocycles. The molecule has 1 aromatic heterocycles. The van der Waals surface area contributed by atoms with Crippen molar-refractivity contribution in [3.8, 4) is 0 Å². The predicted octanol–water partition coefficient (Wildman–Crippen LogP) is 2.51. The largest absolute Gasteiger partial charge is 0.416 e. The minimum Gasteiger partial charge on any atom is -0.383 e. The number of benzene rings is 1. The molecular weight excluding hydrogens is 257 g/mol. The zero-order chi connectivity index (χ0) is 14.2. The summed E-state index contributed by atoms with van der Waals surface area (Å²) in [6, 6.07) is 3.14. The van der Waals surface area contributed by atoms with Gasteiger partial charge in [0.2, 0.25) is 0 Å². The summed E-state index contributed by atoms with van der Waals surface area (Å²) in [6.07, 6.45) is -4.41. The lowest BCUT2D eigenvalue weighted by Gasteiger charge is -2.12. The Kier molecular flexibility index (Phi) is 3.32. The molecule has 0 fully saturated rings. The second-order valence-electron chi connectivity index (χ2n) is 4.21. The van der Waals surface area contributed by atoms with E-state index in [9.17, 15) is 13.2 Å². The third kappa shape index (κ3) is 2.60. The molecule has 0 aliphatic rings. The topological polar surface area (TPSA) is 63.8 Å². The van der Waals surface area contributed by atoms with Crippen LogP contribution in [0.1, 0.15) is 24.4 Å². The zero-order valence-corrected chi connectivity index (χ0v) is 10.4. The van der Waals surface area contributed by atoms with Crippen LogP contribution < -0.4 is 11.1 Å². The van der Waals surface area contributed by atoms with Gasteiger partial charge in [-0.05, 0) is 32.2 Å². The van der Waals surface area contributed by atoms with E-state index in [0.29, 0.717) is 11.3 Å². The molecule has 0 amide bonds. The van der Waals surface area contributed by atoms with Gasteiger partial charge >= 0.3 is 6.18 Å². The van der Waals surface area contributed by atoms with Gasteiger partial charge in [0.15, 0.2) is 0 Å². The first kappa shape index (κ1) is 13.5. The number of rotatable bonds is 2. The predicted molar refractivity (Wildman–Crippen MR) is 66.4 cm³/mol. The zero-order valence-electron chi connectivity index (χ0n) is 10.4. The molecule has 0 saturated carbocycles. The number of hydrogen-bond donors (Lipinski definition) is 2. The Morgan fingerprint density at radius 2 is 1.95 bits per heavy atom. The summed E-state index contributed by atoms with van der Waals surface area (Å²) >= 11 is 0. The number of anilines is 1. The van der Waals surface area contributed by atoms with E-state index < -0.39 is 11.7 Å². The highest BCUT2D eigenvalue weighted by Crippen LogP contribution is 2.32. The second kappa shape index (κ2) is 4.65. The summed E-state index contributed by atoms with van der Waals surface area (Å²) < 4.78 is 37.9. The smallest absolute Gasteiger partial charge is 0.383 e. The molecule has 2 rings (SSSR count). The monoisotopic (exact) mass is 270 g/mol. The van der Waals surface area contributed by atoms with Gasteiger partial charge in [-0.1, -0.05) is 0 Å². The van der Waals surface area contributed by atoms with E-state index >= 15 is 0 Å². The summed E-state index contributed by atoms with van der Waals surface area (Å²) in [5, 5.41) is 3.16. The maximum Gasteiger partial charge on any atom is 0.416 e. The highest BCUT2D eigenvalue weighted by molar-refractivity contribution is 5.88. The van der Waals surface area contributed by atoms with E-state index in [1.165, 1.54) is 6.07 Å². The van der Waals surface area contributed by atoms with Crippen LogP contribution in [0.5, 0.6) is 0 Å². The van der Waals surface area contributed by atoms with E-state index in [0.717, 1.165) is 12.1 Å². The van der Waals surface area contributed by atoms with Crippen molar-refractivity contribution in [2.45, 2.75) is 19.1 Å². The molecule has 1 atom stereocenters. The molecule has 3 N–H and O–H groups in total. The van der Waals surface area contributed by atoms with Crippen LogP contribution in [-0.2, 0) is 6.18 Å². The fourth-order valence-corrected chi connectivity index (χ4v) is 1.67. The number of nitrogens with zero attached hydrogens (tertiary/aromatic N) is 2. The summed E-state index contributed by atoms with van der Waals surface area (Å²) in [6.45, 7) is 1.84. The number of nitrogens with two attached hydrogens (primary N) is 1. The molecule has 0 aliphatic heterocycles. The van der Waals surface area contributed by atoms with Crippen LogP contribution in [0.2, 0.25) is 0 Å². The van der Waals surface area contributed by atoms with Gasteiger partial charge in [-0.25, -0.2) is 9.97 Å². The van der Waals surface area contributed by atoms with Crippen LogP contribution in [0.3, 0.4) is 0 Å². The molecular formula is C12H13F3N4. The first-order chi connectivity index (χ1) is 8.82. The minimum atomic E-state index is -4.41. The SMILES string of the molecule is CNC(C)c1nc(N)c2cc(C(F)(F)F)ccc2n1. The van der Waals surface area contributed by atoms with Crippen LogP contribution in [0.15, 0.2) is 18.2 Å². The number of aromatic nitrogens is 2. The van der Waals surface area contributed by atoms with Gasteiger partial charge in [0.1, 0.15) is 11.6 Å². The van der Waals surface area contributed by atoms with Gasteiger partial charge in [-0.15, -0.1) is 0 Å². The molecule has 1 heterocycles. The fraction of sp³-hybridized carbons (Fsp3) is 0.333. The van der Waals surface area contributed by atoms with E-state index in [1.54, 1.807) is 7.05 Å². The molecule has 0 spiro atoms. The first-order valence-corrected chi connectivity index (χ1v) is 5.64. The Balaban J connectivity index is 2.60. The minimum absolute atomic E-state index is 0.0493. The van der Waals surface area contributed by atoms with Crippen molar-refractivity contribution in [3.05, 3.63) is 29.6 Å². The second-order valence-corrected chi connectivity index (χ2v) is 4.21. The fourth-order valence-electron chi connectivity index (χ4n) is 1.67. The quantitative estimate of drug-likeness (QED) is 0.880. The van der Waals surface area contributed by atoms with Crippen molar-refractivity contribution >= 4 is 16.7 Å². The summed E-state index contributed by atoms with van der Waals surface area (Å²) in [5.74, 6) is 0.500. The summed E-state index contributed by atoms with van der Waals surface area (Å²) in [5.41, 5.74) is 5.36. The standard InChI is InChI=1S/C12H13F3N4/c1-6(17-2)11-18-9-4-3-7(12(13,14)15)5-8(9)10(16)19-11/h3-6,17H,1-2H3,(H2,16,18,19). The van der Waals surface area contributed by atoms with Gasteiger partial charge < -0.3 is 11.1 Å². The average Bonchev–Trinajstić information content (AvgIpc) is 2.36. The van der Waals surface area contributed by atoms with Crippen molar-refractivity contribution in [1.82, 2.24) is 15.3 Å². The van der Waals surface area contributed by atoms with Crippen molar-refractivity contribution in [3.63, 3.8) is 0 Å². The highest BCUT2D eigenvalue weighted by atomic mass is 19.4. The Morgan fingerprint density at radius 1 is 1.26 bits per heavy atom. The summed E-state index contributed by atoms with van der Waals surface area (Å²) in [4.78, 5) is 8.24. The van der Waals surface area contributed by atoms with Crippen LogP contribution >= 0.6 is 0 Å². The molecule has 0 saturated heterocycles. The van der Waals surface area contributed by atoms with Gasteiger partial charge in [0.25, 0.3) is 0 Å². The van der Waals surface area contributed by atoms with Crippen LogP contribution in [0, 0.1) is 0 Å². The lowest BCUT2D eigenvalue weighted by molar-refractivity contribution is -0.137. The number of alkyl halides is 3. The molecule has 19 heavy (non-hydrogen) atoms. The van der Waals surface area contributed by atoms with Crippen molar-refractivity contribution in [1.29, 1.82) is 0 Å². The Morgan fingerprint density at radius 3 is 2.53 bits per heavy atom. The van der Waals surface area contributed by atoms with E-state index in [2.05, 4.69) is 15.3 Å². The molecule has 0 bridgehead atoms. The van der Waals surface area contributed by atoms with Gasteiger partial charge in [0, 0.05) is 5.39 Å². The summed E-state index contributed by atoms with van der Waals surface area (Å²) in [7, 11) is 1.74. The highest BCUT2D eigenvalue weighted by Gasteiger charge is 2.30. The molecule has 1 unspecified atom stereocenters. The maximum atomic E-state index is 12.6. The van der Waals surface area contributed by atoms with Crippen molar-refractivity contribution in [2.24, 2.45) is 0 Å². The van der Waals surface area contributed by atoms with Crippen molar-refractivity contribution in [2.75, 3.05) is 12.8 Å².